The molecule has 6 heteroatoms. The van der Waals surface area contributed by atoms with Gasteiger partial charge in [-0.3, -0.25) is 4.79 Å². The van der Waals surface area contributed by atoms with Crippen LogP contribution in [0.2, 0.25) is 0 Å². The molecule has 0 aromatic heterocycles. The summed E-state index contributed by atoms with van der Waals surface area (Å²) in [7, 11) is 1.70. The number of nitrogens with zero attached hydrogens (tertiary/aromatic N) is 1. The van der Waals surface area contributed by atoms with Crippen molar-refractivity contribution >= 4 is 28.3 Å². The van der Waals surface area contributed by atoms with Crippen LogP contribution in [0.5, 0.6) is 5.75 Å². The second-order valence-corrected chi connectivity index (χ2v) is 7.35. The number of likely N-dealkylation sites (N-methyl/N-ethyl adjacent to an activating group) is 1. The quantitative estimate of drug-likeness (QED) is 0.668. The summed E-state index contributed by atoms with van der Waals surface area (Å²) in [4.78, 5) is 28.7. The zero-order valence-corrected chi connectivity index (χ0v) is 16.6. The fourth-order valence-corrected chi connectivity index (χ4v) is 4.70. The van der Waals surface area contributed by atoms with Gasteiger partial charge >= 0.3 is 5.97 Å². The Balaban J connectivity index is 1.98. The van der Waals surface area contributed by atoms with Crippen molar-refractivity contribution in [3.05, 3.63) is 83.2 Å². The minimum absolute atomic E-state index is 0.0232. The van der Waals surface area contributed by atoms with E-state index in [0.717, 1.165) is 16.5 Å². The molecule has 5 rings (SSSR count). The van der Waals surface area contributed by atoms with Gasteiger partial charge in [-0.05, 0) is 29.8 Å². The molecule has 2 aliphatic heterocycles. The SMILES string of the molecule is CCOC(=O)C1=C(N)Oc2ccc3ccccc3c2C12C(=O)N(C)c1ccccc12. The standard InChI is InChI=1S/C24H20N2O4/c1-3-29-22(27)20-21(25)30-18-13-12-14-8-4-5-9-15(14)19(18)24(20)16-10-6-7-11-17(16)26(2)23(24)28/h4-13H,3,25H2,1-2H3. The van der Waals surface area contributed by atoms with Gasteiger partial charge in [0.15, 0.2) is 0 Å². The highest BCUT2D eigenvalue weighted by atomic mass is 16.5. The third-order valence-corrected chi connectivity index (χ3v) is 5.88. The molecule has 1 unspecified atom stereocenters. The molecule has 2 N–H and O–H groups in total. The van der Waals surface area contributed by atoms with Gasteiger partial charge in [-0.15, -0.1) is 0 Å². The molecular formula is C24H20N2O4. The number of fused-ring (bicyclic) bond motifs is 6. The van der Waals surface area contributed by atoms with Gasteiger partial charge in [0.05, 0.1) is 6.61 Å². The Morgan fingerprint density at radius 2 is 1.83 bits per heavy atom. The van der Waals surface area contributed by atoms with Gasteiger partial charge in [-0.25, -0.2) is 4.79 Å². The number of carbonyl (C=O) groups is 2. The highest BCUT2D eigenvalue weighted by Gasteiger charge is 2.60. The molecule has 0 fully saturated rings. The van der Waals surface area contributed by atoms with Crippen LogP contribution in [-0.2, 0) is 19.7 Å². The summed E-state index contributed by atoms with van der Waals surface area (Å²) in [6, 6.07) is 18.9. The number of amides is 1. The first-order valence-corrected chi connectivity index (χ1v) is 9.76. The van der Waals surface area contributed by atoms with Crippen LogP contribution in [0, 0.1) is 0 Å². The summed E-state index contributed by atoms with van der Waals surface area (Å²) < 4.78 is 11.2. The number of carbonyl (C=O) groups excluding carboxylic acids is 2. The summed E-state index contributed by atoms with van der Waals surface area (Å²) in [5, 5.41) is 1.76. The molecule has 6 nitrogen and oxygen atoms in total. The molecule has 2 heterocycles. The van der Waals surface area contributed by atoms with Crippen LogP contribution >= 0.6 is 0 Å². The van der Waals surface area contributed by atoms with E-state index in [-0.39, 0.29) is 24.0 Å². The molecule has 1 spiro atoms. The van der Waals surface area contributed by atoms with E-state index in [1.165, 1.54) is 0 Å². The zero-order chi connectivity index (χ0) is 21.0. The Kier molecular flexibility index (Phi) is 3.86. The largest absolute Gasteiger partial charge is 0.462 e. The highest BCUT2D eigenvalue weighted by molar-refractivity contribution is 6.20. The summed E-state index contributed by atoms with van der Waals surface area (Å²) in [5.41, 5.74) is 6.86. The Labute approximate surface area is 173 Å². The summed E-state index contributed by atoms with van der Waals surface area (Å²) in [5.74, 6) is -0.588. The number of benzene rings is 3. The molecule has 0 saturated heterocycles. The van der Waals surface area contributed by atoms with E-state index >= 15 is 0 Å². The highest BCUT2D eigenvalue weighted by Crippen LogP contribution is 2.56. The third kappa shape index (κ3) is 2.13. The van der Waals surface area contributed by atoms with E-state index in [1.54, 1.807) is 24.9 Å². The molecular weight excluding hydrogens is 380 g/mol. The Morgan fingerprint density at radius 1 is 1.10 bits per heavy atom. The number of hydrogen-bond acceptors (Lipinski definition) is 5. The Bertz CT molecular complexity index is 1260. The van der Waals surface area contributed by atoms with Crippen molar-refractivity contribution < 1.29 is 19.1 Å². The van der Waals surface area contributed by atoms with Crippen LogP contribution in [0.3, 0.4) is 0 Å². The van der Waals surface area contributed by atoms with Gasteiger partial charge in [-0.2, -0.15) is 0 Å². The number of nitrogens with two attached hydrogens (primary N) is 1. The lowest BCUT2D eigenvalue weighted by Crippen LogP contribution is -2.48. The fourth-order valence-electron chi connectivity index (χ4n) is 4.70. The van der Waals surface area contributed by atoms with E-state index in [4.69, 9.17) is 15.2 Å². The van der Waals surface area contributed by atoms with E-state index in [0.29, 0.717) is 16.9 Å². The van der Waals surface area contributed by atoms with Crippen LogP contribution in [0.15, 0.2) is 72.1 Å². The second kappa shape index (κ2) is 6.35. The van der Waals surface area contributed by atoms with Gasteiger partial charge in [0.25, 0.3) is 0 Å². The van der Waals surface area contributed by atoms with Crippen molar-refractivity contribution in [3.8, 4) is 5.75 Å². The zero-order valence-electron chi connectivity index (χ0n) is 16.6. The Morgan fingerprint density at radius 3 is 2.63 bits per heavy atom. The van der Waals surface area contributed by atoms with Crippen molar-refractivity contribution in [1.82, 2.24) is 0 Å². The van der Waals surface area contributed by atoms with Crippen molar-refractivity contribution in [2.24, 2.45) is 5.73 Å². The first-order valence-electron chi connectivity index (χ1n) is 9.76. The predicted molar refractivity (Wildman–Crippen MR) is 113 cm³/mol. The number of esters is 1. The molecule has 0 bridgehead atoms. The summed E-state index contributed by atoms with van der Waals surface area (Å²) >= 11 is 0. The number of hydrogen-bond donors (Lipinski definition) is 1. The summed E-state index contributed by atoms with van der Waals surface area (Å²) in [6.07, 6.45) is 0. The normalized spacial score (nSPS) is 19.7. The van der Waals surface area contributed by atoms with E-state index in [2.05, 4.69) is 0 Å². The molecule has 1 amide bonds. The van der Waals surface area contributed by atoms with Gasteiger partial charge in [0.1, 0.15) is 16.7 Å². The average Bonchev–Trinajstić information content (AvgIpc) is 2.96. The van der Waals surface area contributed by atoms with Gasteiger partial charge in [-0.1, -0.05) is 48.5 Å². The molecule has 3 aromatic carbocycles. The molecule has 30 heavy (non-hydrogen) atoms. The third-order valence-electron chi connectivity index (χ3n) is 5.88. The maximum atomic E-state index is 14.0. The van der Waals surface area contributed by atoms with Crippen LogP contribution in [0.25, 0.3) is 10.8 Å². The van der Waals surface area contributed by atoms with E-state index in [1.807, 2.05) is 54.6 Å². The monoisotopic (exact) mass is 400 g/mol. The maximum absolute atomic E-state index is 14.0. The molecule has 150 valence electrons. The number of anilines is 1. The smallest absolute Gasteiger partial charge is 0.341 e. The van der Waals surface area contributed by atoms with Crippen LogP contribution in [0.1, 0.15) is 18.1 Å². The van der Waals surface area contributed by atoms with Crippen molar-refractivity contribution in [2.45, 2.75) is 12.3 Å². The first kappa shape index (κ1) is 18.2. The van der Waals surface area contributed by atoms with Gasteiger partial charge < -0.3 is 20.1 Å². The lowest BCUT2D eigenvalue weighted by atomic mass is 9.67. The van der Waals surface area contributed by atoms with Crippen molar-refractivity contribution in [2.75, 3.05) is 18.6 Å². The fraction of sp³-hybridized carbons (Fsp3) is 0.167. The minimum atomic E-state index is -1.45. The van der Waals surface area contributed by atoms with E-state index in [9.17, 15) is 9.59 Å². The average molecular weight is 400 g/mol. The predicted octanol–water partition coefficient (Wildman–Crippen LogP) is 3.23. The second-order valence-electron chi connectivity index (χ2n) is 7.35. The lowest BCUT2D eigenvalue weighted by molar-refractivity contribution is -0.140. The van der Waals surface area contributed by atoms with Crippen molar-refractivity contribution in [3.63, 3.8) is 0 Å². The summed E-state index contributed by atoms with van der Waals surface area (Å²) in [6.45, 7) is 1.87. The Hall–Kier alpha value is -3.80. The lowest BCUT2D eigenvalue weighted by Gasteiger charge is -2.36. The van der Waals surface area contributed by atoms with Gasteiger partial charge in [0, 0.05) is 23.9 Å². The van der Waals surface area contributed by atoms with Gasteiger partial charge in [0.2, 0.25) is 11.8 Å². The first-order chi connectivity index (χ1) is 14.5. The minimum Gasteiger partial charge on any atom is -0.462 e. The molecule has 0 saturated carbocycles. The van der Waals surface area contributed by atoms with E-state index < -0.39 is 11.4 Å². The van der Waals surface area contributed by atoms with Crippen molar-refractivity contribution in [1.29, 1.82) is 0 Å². The molecule has 2 aliphatic rings. The number of ether oxygens (including phenoxy) is 2. The van der Waals surface area contributed by atoms with Crippen LogP contribution in [-0.4, -0.2) is 25.5 Å². The molecule has 0 radical (unpaired) electrons. The maximum Gasteiger partial charge on any atom is 0.341 e. The number of rotatable bonds is 2. The van der Waals surface area contributed by atoms with Crippen LogP contribution in [0.4, 0.5) is 5.69 Å². The molecule has 3 aromatic rings. The molecule has 1 atom stereocenters. The molecule has 0 aliphatic carbocycles. The topological polar surface area (TPSA) is 81.9 Å². The number of para-hydroxylation sites is 1. The van der Waals surface area contributed by atoms with Crippen LogP contribution < -0.4 is 15.4 Å².